The Hall–Kier alpha value is 0.140. The molecule has 0 N–H and O–H groups in total. The van der Waals surface area contributed by atoms with Crippen LogP contribution in [0.25, 0.3) is 0 Å². The molecule has 0 saturated carbocycles. The molecule has 0 amide bonds. The van der Waals surface area contributed by atoms with E-state index in [9.17, 15) is 4.79 Å². The van der Waals surface area contributed by atoms with Gasteiger partial charge < -0.3 is 0 Å². The van der Waals surface area contributed by atoms with Crippen LogP contribution in [0.15, 0.2) is 9.66 Å². The van der Waals surface area contributed by atoms with Crippen LogP contribution in [-0.4, -0.2) is 5.78 Å². The lowest BCUT2D eigenvalue weighted by atomic mass is 10.4. The number of allylic oxidation sites excluding steroid dienone is 2. The first-order valence-electron chi connectivity index (χ1n) is 1.97. The van der Waals surface area contributed by atoms with Crippen molar-refractivity contribution in [1.82, 2.24) is 0 Å². The van der Waals surface area contributed by atoms with Crippen LogP contribution in [0.3, 0.4) is 0 Å². The summed E-state index contributed by atoms with van der Waals surface area (Å²) in [4.78, 5) is 10.2. The van der Waals surface area contributed by atoms with E-state index in [1.807, 2.05) is 6.92 Å². The molecule has 7 heavy (non-hydrogen) atoms. The van der Waals surface area contributed by atoms with Crippen molar-refractivity contribution in [1.29, 1.82) is 0 Å². The Kier molecular flexibility index (Phi) is 3.25. The molecular formula is C5H7IO. The summed E-state index contributed by atoms with van der Waals surface area (Å²) >= 11 is 2.10. The van der Waals surface area contributed by atoms with E-state index in [0.717, 1.165) is 3.58 Å². The molecule has 0 aromatic rings. The summed E-state index contributed by atoms with van der Waals surface area (Å²) in [5.74, 6) is 0.118. The molecule has 0 heterocycles. The normalized spacial score (nSPS) is 11.6. The van der Waals surface area contributed by atoms with Gasteiger partial charge in [-0.25, -0.2) is 0 Å². The molecule has 0 aliphatic rings. The van der Waals surface area contributed by atoms with Gasteiger partial charge in [-0.2, -0.15) is 0 Å². The van der Waals surface area contributed by atoms with Gasteiger partial charge in [0.05, 0.1) is 0 Å². The van der Waals surface area contributed by atoms with E-state index in [1.54, 1.807) is 13.0 Å². The summed E-state index contributed by atoms with van der Waals surface area (Å²) in [6.45, 7) is 3.43. The number of hydrogen-bond acceptors (Lipinski definition) is 1. The molecule has 0 radical (unpaired) electrons. The van der Waals surface area contributed by atoms with Gasteiger partial charge in [0.1, 0.15) is 0 Å². The molecule has 0 rings (SSSR count). The van der Waals surface area contributed by atoms with E-state index < -0.39 is 0 Å². The number of carbonyl (C=O) groups excluding carboxylic acids is 1. The van der Waals surface area contributed by atoms with E-state index in [-0.39, 0.29) is 5.78 Å². The van der Waals surface area contributed by atoms with Gasteiger partial charge in [-0.05, 0) is 46.1 Å². The maximum Gasteiger partial charge on any atom is 0.153 e. The Bertz CT molecular complexity index is 101. The van der Waals surface area contributed by atoms with E-state index >= 15 is 0 Å². The lowest BCUT2D eigenvalue weighted by Gasteiger charge is -1.78. The molecule has 1 nitrogen and oxygen atoms in total. The standard InChI is InChI=1S/C5H7IO/c1-4(6)3-5(2)7/h3H,1-2H3. The van der Waals surface area contributed by atoms with E-state index in [1.165, 1.54) is 0 Å². The molecule has 0 aromatic carbocycles. The van der Waals surface area contributed by atoms with Crippen LogP contribution in [0.2, 0.25) is 0 Å². The number of carbonyl (C=O) groups is 1. The number of ketones is 1. The SMILES string of the molecule is CC(=O)C=C(C)I. The second-order valence-corrected chi connectivity index (χ2v) is 3.04. The van der Waals surface area contributed by atoms with Gasteiger partial charge in [0.15, 0.2) is 5.78 Å². The Morgan fingerprint density at radius 2 is 2.00 bits per heavy atom. The lowest BCUT2D eigenvalue weighted by Crippen LogP contribution is -1.78. The molecule has 0 fully saturated rings. The highest BCUT2D eigenvalue weighted by atomic mass is 127. The Labute approximate surface area is 56.9 Å². The van der Waals surface area contributed by atoms with Gasteiger partial charge in [0, 0.05) is 0 Å². The maximum atomic E-state index is 10.2. The van der Waals surface area contributed by atoms with Crippen molar-refractivity contribution in [3.63, 3.8) is 0 Å². The molecule has 0 aliphatic heterocycles. The summed E-state index contributed by atoms with van der Waals surface area (Å²) in [7, 11) is 0. The van der Waals surface area contributed by atoms with Crippen molar-refractivity contribution in [3.8, 4) is 0 Å². The van der Waals surface area contributed by atoms with Crippen molar-refractivity contribution < 1.29 is 4.79 Å². The van der Waals surface area contributed by atoms with Crippen LogP contribution < -0.4 is 0 Å². The largest absolute Gasteiger partial charge is 0.295 e. The van der Waals surface area contributed by atoms with Gasteiger partial charge in [0.25, 0.3) is 0 Å². The predicted molar refractivity (Wildman–Crippen MR) is 38.5 cm³/mol. The summed E-state index contributed by atoms with van der Waals surface area (Å²) in [5, 5.41) is 0. The van der Waals surface area contributed by atoms with E-state index in [2.05, 4.69) is 22.6 Å². The number of hydrogen-bond donors (Lipinski definition) is 0. The fourth-order valence-electron chi connectivity index (χ4n) is 0.280. The fraction of sp³-hybridized carbons (Fsp3) is 0.400. The summed E-state index contributed by atoms with van der Waals surface area (Å²) in [6.07, 6.45) is 1.60. The Morgan fingerprint density at radius 3 is 2.00 bits per heavy atom. The molecule has 0 saturated heterocycles. The average molecular weight is 210 g/mol. The fourth-order valence-corrected chi connectivity index (χ4v) is 0.719. The quantitative estimate of drug-likeness (QED) is 0.477. The zero-order valence-corrected chi connectivity index (χ0v) is 6.52. The van der Waals surface area contributed by atoms with Crippen molar-refractivity contribution in [2.75, 3.05) is 0 Å². The molecule has 0 bridgehead atoms. The molecule has 0 atom stereocenters. The van der Waals surface area contributed by atoms with Gasteiger partial charge in [-0.15, -0.1) is 0 Å². The van der Waals surface area contributed by atoms with Gasteiger partial charge >= 0.3 is 0 Å². The van der Waals surface area contributed by atoms with Crippen LogP contribution in [0.4, 0.5) is 0 Å². The zero-order chi connectivity index (χ0) is 5.86. The average Bonchev–Trinajstić information content (AvgIpc) is 1.27. The van der Waals surface area contributed by atoms with E-state index in [4.69, 9.17) is 0 Å². The zero-order valence-electron chi connectivity index (χ0n) is 4.36. The Morgan fingerprint density at radius 1 is 1.57 bits per heavy atom. The van der Waals surface area contributed by atoms with Crippen molar-refractivity contribution >= 4 is 28.4 Å². The third-order valence-corrected chi connectivity index (χ3v) is 0.714. The smallest absolute Gasteiger partial charge is 0.153 e. The molecule has 0 unspecified atom stereocenters. The summed E-state index contributed by atoms with van der Waals surface area (Å²) in [5.41, 5.74) is 0. The molecular weight excluding hydrogens is 203 g/mol. The van der Waals surface area contributed by atoms with Crippen LogP contribution in [0.1, 0.15) is 13.8 Å². The van der Waals surface area contributed by atoms with Crippen molar-refractivity contribution in [2.45, 2.75) is 13.8 Å². The van der Waals surface area contributed by atoms with Gasteiger partial charge in [-0.3, -0.25) is 4.79 Å². The van der Waals surface area contributed by atoms with Crippen LogP contribution >= 0.6 is 22.6 Å². The minimum absolute atomic E-state index is 0.118. The van der Waals surface area contributed by atoms with Crippen LogP contribution in [0.5, 0.6) is 0 Å². The highest BCUT2D eigenvalue weighted by Gasteiger charge is 1.82. The first-order valence-corrected chi connectivity index (χ1v) is 3.05. The molecule has 0 spiro atoms. The van der Waals surface area contributed by atoms with Crippen LogP contribution in [0, 0.1) is 0 Å². The second-order valence-electron chi connectivity index (χ2n) is 1.34. The lowest BCUT2D eigenvalue weighted by molar-refractivity contribution is -0.112. The highest BCUT2D eigenvalue weighted by molar-refractivity contribution is 14.1. The topological polar surface area (TPSA) is 17.1 Å². The number of halogens is 1. The molecule has 0 aliphatic carbocycles. The van der Waals surface area contributed by atoms with Crippen molar-refractivity contribution in [3.05, 3.63) is 9.66 Å². The van der Waals surface area contributed by atoms with Gasteiger partial charge in [-0.1, -0.05) is 0 Å². The summed E-state index contributed by atoms with van der Waals surface area (Å²) in [6, 6.07) is 0. The summed E-state index contributed by atoms with van der Waals surface area (Å²) < 4.78 is 1.03. The van der Waals surface area contributed by atoms with Crippen molar-refractivity contribution in [2.24, 2.45) is 0 Å². The minimum atomic E-state index is 0.118. The maximum absolute atomic E-state index is 10.2. The monoisotopic (exact) mass is 210 g/mol. The molecule has 2 heteroatoms. The first kappa shape index (κ1) is 7.14. The molecule has 40 valence electrons. The third-order valence-electron chi connectivity index (χ3n) is 0.402. The second kappa shape index (κ2) is 3.18. The van der Waals surface area contributed by atoms with Gasteiger partial charge in [0.2, 0.25) is 0 Å². The first-order chi connectivity index (χ1) is 3.13. The molecule has 0 aromatic heterocycles. The Balaban J connectivity index is 3.68. The predicted octanol–water partition coefficient (Wildman–Crippen LogP) is 1.91. The van der Waals surface area contributed by atoms with Crippen LogP contribution in [-0.2, 0) is 4.79 Å². The number of rotatable bonds is 1. The van der Waals surface area contributed by atoms with E-state index in [0.29, 0.717) is 0 Å². The third kappa shape index (κ3) is 6.14. The highest BCUT2D eigenvalue weighted by Crippen LogP contribution is 2.01. The minimum Gasteiger partial charge on any atom is -0.295 e.